The van der Waals surface area contributed by atoms with Crippen LogP contribution < -0.4 is 10.6 Å². The van der Waals surface area contributed by atoms with Crippen LogP contribution in [-0.2, 0) is 16.1 Å². The zero-order chi connectivity index (χ0) is 16.4. The van der Waals surface area contributed by atoms with Crippen LogP contribution in [0.4, 0.5) is 10.5 Å². The van der Waals surface area contributed by atoms with Crippen LogP contribution >= 0.6 is 24.2 Å². The summed E-state index contributed by atoms with van der Waals surface area (Å²) >= 11 is 1.03. The SMILES string of the molecule is CC(C(=O)Nc1ccc(CN2C(=O)CSC2=O)cc1)C1CNC1.Cl. The third kappa shape index (κ3) is 4.09. The number of anilines is 1. The Balaban J connectivity index is 0.00000208. The monoisotopic (exact) mass is 369 g/mol. The number of carbonyl (C=O) groups excluding carboxylic acids is 3. The molecule has 8 heteroatoms. The number of carbonyl (C=O) groups is 3. The summed E-state index contributed by atoms with van der Waals surface area (Å²) in [5.41, 5.74) is 1.59. The topological polar surface area (TPSA) is 78.5 Å². The van der Waals surface area contributed by atoms with Crippen molar-refractivity contribution in [1.29, 1.82) is 0 Å². The van der Waals surface area contributed by atoms with Crippen molar-refractivity contribution < 1.29 is 14.4 Å². The number of amides is 3. The van der Waals surface area contributed by atoms with Gasteiger partial charge in [0.1, 0.15) is 0 Å². The fourth-order valence-electron chi connectivity index (χ4n) is 2.54. The molecular formula is C16H20ClN3O3S. The maximum atomic E-state index is 12.2. The number of imide groups is 1. The van der Waals surface area contributed by atoms with Crippen LogP contribution in [0.1, 0.15) is 12.5 Å². The van der Waals surface area contributed by atoms with E-state index >= 15 is 0 Å². The summed E-state index contributed by atoms with van der Waals surface area (Å²) in [6.07, 6.45) is 0. The lowest BCUT2D eigenvalue weighted by atomic mass is 9.88. The lowest BCUT2D eigenvalue weighted by molar-refractivity contribution is -0.125. The molecule has 1 atom stereocenters. The van der Waals surface area contributed by atoms with Gasteiger partial charge >= 0.3 is 0 Å². The molecule has 1 aromatic rings. The highest BCUT2D eigenvalue weighted by molar-refractivity contribution is 8.14. The molecule has 2 saturated heterocycles. The van der Waals surface area contributed by atoms with E-state index in [1.54, 1.807) is 12.1 Å². The number of thioether (sulfide) groups is 1. The van der Waals surface area contributed by atoms with Gasteiger partial charge < -0.3 is 10.6 Å². The predicted molar refractivity (Wildman–Crippen MR) is 96.2 cm³/mol. The molecule has 0 aliphatic carbocycles. The average Bonchev–Trinajstić information content (AvgIpc) is 2.79. The molecule has 24 heavy (non-hydrogen) atoms. The first-order valence-corrected chi connectivity index (χ1v) is 8.61. The van der Waals surface area contributed by atoms with Gasteiger partial charge in [-0.1, -0.05) is 30.8 Å². The van der Waals surface area contributed by atoms with E-state index in [4.69, 9.17) is 0 Å². The maximum absolute atomic E-state index is 12.2. The summed E-state index contributed by atoms with van der Waals surface area (Å²) in [6.45, 7) is 4.01. The number of benzene rings is 1. The molecule has 1 unspecified atom stereocenters. The molecule has 130 valence electrons. The second-order valence-corrected chi connectivity index (χ2v) is 6.85. The van der Waals surface area contributed by atoms with Crippen molar-refractivity contribution in [2.24, 2.45) is 11.8 Å². The Bertz CT molecular complexity index is 618. The number of hydrogen-bond donors (Lipinski definition) is 2. The first kappa shape index (κ1) is 18.8. The summed E-state index contributed by atoms with van der Waals surface area (Å²) in [5.74, 6) is 0.471. The Morgan fingerprint density at radius 1 is 1.33 bits per heavy atom. The molecule has 2 aliphatic rings. The molecule has 2 fully saturated rings. The van der Waals surface area contributed by atoms with E-state index in [9.17, 15) is 14.4 Å². The summed E-state index contributed by atoms with van der Waals surface area (Å²) in [7, 11) is 0. The van der Waals surface area contributed by atoms with E-state index in [0.29, 0.717) is 5.92 Å². The molecule has 2 aliphatic heterocycles. The zero-order valence-electron chi connectivity index (χ0n) is 13.3. The highest BCUT2D eigenvalue weighted by atomic mass is 35.5. The quantitative estimate of drug-likeness (QED) is 0.831. The van der Waals surface area contributed by atoms with E-state index < -0.39 is 0 Å². The van der Waals surface area contributed by atoms with Gasteiger partial charge in [0.25, 0.3) is 5.24 Å². The number of rotatable bonds is 5. The van der Waals surface area contributed by atoms with Crippen LogP contribution in [0.15, 0.2) is 24.3 Å². The standard InChI is InChI=1S/C16H19N3O3S.ClH/c1-10(12-6-17-7-12)15(21)18-13-4-2-11(3-5-13)8-19-14(20)9-23-16(19)22;/h2-5,10,12,17H,6-9H2,1H3,(H,18,21);1H. The minimum absolute atomic E-state index is 0. The molecule has 2 heterocycles. The predicted octanol–water partition coefficient (Wildman–Crippen LogP) is 2.10. The second kappa shape index (κ2) is 8.00. The Kier molecular flexibility index (Phi) is 6.26. The normalized spacial score (nSPS) is 18.8. The fraction of sp³-hybridized carbons (Fsp3) is 0.438. The van der Waals surface area contributed by atoms with Gasteiger partial charge in [-0.3, -0.25) is 19.3 Å². The van der Waals surface area contributed by atoms with E-state index in [1.807, 2.05) is 19.1 Å². The van der Waals surface area contributed by atoms with E-state index in [1.165, 1.54) is 4.90 Å². The lowest BCUT2D eigenvalue weighted by Gasteiger charge is -2.31. The maximum Gasteiger partial charge on any atom is 0.289 e. The van der Waals surface area contributed by atoms with Crippen LogP contribution in [0.25, 0.3) is 0 Å². The number of hydrogen-bond acceptors (Lipinski definition) is 5. The van der Waals surface area contributed by atoms with E-state index in [0.717, 1.165) is 36.1 Å². The number of nitrogens with one attached hydrogen (secondary N) is 2. The van der Waals surface area contributed by atoms with Gasteiger partial charge in [-0.15, -0.1) is 12.4 Å². The van der Waals surface area contributed by atoms with Crippen LogP contribution in [0.3, 0.4) is 0 Å². The van der Waals surface area contributed by atoms with Crippen molar-refractivity contribution >= 4 is 46.9 Å². The Morgan fingerprint density at radius 3 is 2.50 bits per heavy atom. The van der Waals surface area contributed by atoms with Crippen LogP contribution in [0, 0.1) is 11.8 Å². The Labute approximate surface area is 151 Å². The molecule has 0 spiro atoms. The van der Waals surface area contributed by atoms with Gasteiger partial charge in [0.15, 0.2) is 0 Å². The van der Waals surface area contributed by atoms with Crippen molar-refractivity contribution in [1.82, 2.24) is 10.2 Å². The largest absolute Gasteiger partial charge is 0.326 e. The molecule has 3 rings (SSSR count). The fourth-order valence-corrected chi connectivity index (χ4v) is 3.27. The molecule has 0 bridgehead atoms. The highest BCUT2D eigenvalue weighted by Crippen LogP contribution is 2.22. The van der Waals surface area contributed by atoms with Gasteiger partial charge in [0.2, 0.25) is 11.8 Å². The van der Waals surface area contributed by atoms with Crippen LogP contribution in [0.2, 0.25) is 0 Å². The van der Waals surface area contributed by atoms with E-state index in [-0.39, 0.29) is 47.7 Å². The summed E-state index contributed by atoms with van der Waals surface area (Å²) in [6, 6.07) is 7.26. The van der Waals surface area contributed by atoms with Gasteiger partial charge in [-0.25, -0.2) is 0 Å². The Hall–Kier alpha value is -1.57. The van der Waals surface area contributed by atoms with Crippen molar-refractivity contribution in [3.63, 3.8) is 0 Å². The Morgan fingerprint density at radius 2 is 2.00 bits per heavy atom. The summed E-state index contributed by atoms with van der Waals surface area (Å²) in [5, 5.41) is 5.88. The van der Waals surface area contributed by atoms with Gasteiger partial charge in [-0.05, 0) is 36.7 Å². The van der Waals surface area contributed by atoms with Crippen molar-refractivity contribution in [3.05, 3.63) is 29.8 Å². The van der Waals surface area contributed by atoms with Crippen LogP contribution in [0.5, 0.6) is 0 Å². The molecule has 3 amide bonds. The smallest absolute Gasteiger partial charge is 0.289 e. The van der Waals surface area contributed by atoms with Gasteiger partial charge in [0.05, 0.1) is 12.3 Å². The molecule has 2 N–H and O–H groups in total. The molecule has 6 nitrogen and oxygen atoms in total. The minimum atomic E-state index is -0.199. The summed E-state index contributed by atoms with van der Waals surface area (Å²) in [4.78, 5) is 36.6. The van der Waals surface area contributed by atoms with Crippen LogP contribution in [-0.4, -0.2) is 40.8 Å². The third-order valence-electron chi connectivity index (χ3n) is 4.34. The molecule has 0 saturated carbocycles. The highest BCUT2D eigenvalue weighted by Gasteiger charge is 2.30. The molecular weight excluding hydrogens is 350 g/mol. The van der Waals surface area contributed by atoms with Gasteiger partial charge in [0, 0.05) is 11.6 Å². The van der Waals surface area contributed by atoms with Gasteiger partial charge in [-0.2, -0.15) is 0 Å². The summed E-state index contributed by atoms with van der Waals surface area (Å²) < 4.78 is 0. The molecule has 0 radical (unpaired) electrons. The first-order chi connectivity index (χ1) is 11.0. The minimum Gasteiger partial charge on any atom is -0.326 e. The van der Waals surface area contributed by atoms with E-state index in [2.05, 4.69) is 10.6 Å². The zero-order valence-corrected chi connectivity index (χ0v) is 14.9. The van der Waals surface area contributed by atoms with Crippen molar-refractivity contribution in [3.8, 4) is 0 Å². The van der Waals surface area contributed by atoms with Crippen molar-refractivity contribution in [2.45, 2.75) is 13.5 Å². The first-order valence-electron chi connectivity index (χ1n) is 7.62. The number of nitrogens with zero attached hydrogens (tertiary/aromatic N) is 1. The molecule has 0 aromatic heterocycles. The second-order valence-electron chi connectivity index (χ2n) is 5.93. The average molecular weight is 370 g/mol. The third-order valence-corrected chi connectivity index (χ3v) is 5.20. The number of halogens is 1. The lowest BCUT2D eigenvalue weighted by Crippen LogP contribution is -2.48. The molecule has 1 aromatic carbocycles. The van der Waals surface area contributed by atoms with Crippen molar-refractivity contribution in [2.75, 3.05) is 24.2 Å².